The average molecular weight is 437 g/mol. The Morgan fingerprint density at radius 1 is 1.21 bits per heavy atom. The summed E-state index contributed by atoms with van der Waals surface area (Å²) < 4.78 is 4.94. The van der Waals surface area contributed by atoms with Crippen molar-refractivity contribution >= 4 is 40.9 Å². The van der Waals surface area contributed by atoms with Crippen molar-refractivity contribution in [3.05, 3.63) is 14.5 Å². The Balaban J connectivity index is 1.43. The maximum Gasteiger partial charge on any atom is 0.307 e. The minimum atomic E-state index is -0.383. The van der Waals surface area contributed by atoms with E-state index in [-0.39, 0.29) is 82.5 Å². The number of rotatable bonds is 4. The predicted octanol–water partition coefficient (Wildman–Crippen LogP) is 2.01. The Morgan fingerprint density at radius 3 is 2.59 bits per heavy atom. The fraction of sp³-hybridized carbons (Fsp3) is 0.700. The van der Waals surface area contributed by atoms with Crippen LogP contribution >= 0.6 is 23.1 Å². The van der Waals surface area contributed by atoms with Crippen LogP contribution < -0.4 is 4.87 Å². The van der Waals surface area contributed by atoms with E-state index >= 15 is 0 Å². The summed E-state index contributed by atoms with van der Waals surface area (Å²) in [5, 5.41) is 1.17. The summed E-state index contributed by atoms with van der Waals surface area (Å²) in [6, 6.07) is 0. The van der Waals surface area contributed by atoms with Crippen LogP contribution in [0.4, 0.5) is 0 Å². The SMILES string of the molecule is CCOC(=O)CCN1C(=O)[C@@H]2[C@H]3C[C@@H]([C@@H]2C1=O)[C@H]1[C@H]3Sc2[nH]c(=O)sc2C1(C)C. The first-order valence-electron chi connectivity index (χ1n) is 10.2. The molecule has 9 heteroatoms. The lowest BCUT2D eigenvalue weighted by molar-refractivity contribution is -0.145. The molecule has 4 aliphatic rings. The molecule has 3 fully saturated rings. The summed E-state index contributed by atoms with van der Waals surface area (Å²) >= 11 is 2.96. The van der Waals surface area contributed by atoms with Gasteiger partial charge in [0.05, 0.1) is 29.9 Å². The standard InChI is InChI=1S/C20H24N2O5S2/c1-4-27-10(23)5-6-22-17(24)11-8-7-9(12(11)18(22)25)14-13(8)20(2,3)15-16(28-14)21-19(26)29-15/h8-9,11-14H,4-7H2,1-3H3,(H,21,26)/t8-,9+,11-,12+,13-,14-/m0/s1. The summed E-state index contributed by atoms with van der Waals surface area (Å²) in [5.41, 5.74) is -0.207. The van der Waals surface area contributed by atoms with Gasteiger partial charge in [-0.25, -0.2) is 0 Å². The number of thioether (sulfide) groups is 1. The van der Waals surface area contributed by atoms with E-state index in [1.54, 1.807) is 18.7 Å². The number of imide groups is 1. The van der Waals surface area contributed by atoms with Crippen molar-refractivity contribution in [3.63, 3.8) is 0 Å². The molecule has 29 heavy (non-hydrogen) atoms. The molecule has 2 amide bonds. The second-order valence-electron chi connectivity index (χ2n) is 9.00. The second-order valence-corrected chi connectivity index (χ2v) is 11.2. The van der Waals surface area contributed by atoms with E-state index in [9.17, 15) is 19.2 Å². The molecule has 156 valence electrons. The molecule has 1 aromatic heterocycles. The van der Waals surface area contributed by atoms with E-state index in [4.69, 9.17) is 4.74 Å². The molecule has 0 unspecified atom stereocenters. The van der Waals surface area contributed by atoms with Crippen LogP contribution in [0.15, 0.2) is 9.82 Å². The third-order valence-electron chi connectivity index (χ3n) is 7.33. The van der Waals surface area contributed by atoms with Crippen LogP contribution in [0.3, 0.4) is 0 Å². The van der Waals surface area contributed by atoms with Gasteiger partial charge in [-0.15, -0.1) is 11.8 Å². The Morgan fingerprint density at radius 2 is 1.90 bits per heavy atom. The molecule has 2 bridgehead atoms. The number of aromatic amines is 1. The van der Waals surface area contributed by atoms with E-state index in [0.29, 0.717) is 0 Å². The highest BCUT2D eigenvalue weighted by Gasteiger charge is 2.70. The molecule has 7 nitrogen and oxygen atoms in total. The molecule has 5 rings (SSSR count). The molecule has 0 aromatic carbocycles. The molecule has 2 aliphatic heterocycles. The van der Waals surface area contributed by atoms with Crippen molar-refractivity contribution in [3.8, 4) is 0 Å². The molecule has 0 radical (unpaired) electrons. The molecule has 1 aromatic rings. The quantitative estimate of drug-likeness (QED) is 0.573. The zero-order valence-electron chi connectivity index (χ0n) is 16.6. The van der Waals surface area contributed by atoms with Gasteiger partial charge >= 0.3 is 10.8 Å². The first-order chi connectivity index (χ1) is 13.8. The first kappa shape index (κ1) is 19.4. The van der Waals surface area contributed by atoms with E-state index in [2.05, 4.69) is 18.8 Å². The van der Waals surface area contributed by atoms with Crippen molar-refractivity contribution < 1.29 is 19.1 Å². The van der Waals surface area contributed by atoms with E-state index in [1.807, 2.05) is 0 Å². The van der Waals surface area contributed by atoms with Gasteiger partial charge in [-0.05, 0) is 31.1 Å². The maximum absolute atomic E-state index is 13.2. The topological polar surface area (TPSA) is 96.5 Å². The maximum atomic E-state index is 13.2. The van der Waals surface area contributed by atoms with Crippen LogP contribution in [0.1, 0.15) is 38.5 Å². The van der Waals surface area contributed by atoms with E-state index in [1.165, 1.54) is 16.2 Å². The van der Waals surface area contributed by atoms with Crippen LogP contribution in [0.5, 0.6) is 0 Å². The summed E-state index contributed by atoms with van der Waals surface area (Å²) in [6.07, 6.45) is 0.940. The molecule has 2 saturated carbocycles. The number of thiazole rings is 1. The number of hydrogen-bond donors (Lipinski definition) is 1. The van der Waals surface area contributed by atoms with Gasteiger partial charge in [-0.2, -0.15) is 0 Å². The Bertz CT molecular complexity index is 966. The van der Waals surface area contributed by atoms with Crippen LogP contribution in [-0.4, -0.2) is 46.1 Å². The van der Waals surface area contributed by atoms with E-state index in [0.717, 1.165) is 16.3 Å². The van der Waals surface area contributed by atoms with Gasteiger partial charge in [0.25, 0.3) is 0 Å². The Hall–Kier alpha value is -1.61. The number of likely N-dealkylation sites (tertiary alicyclic amines) is 1. The third-order valence-corrected chi connectivity index (χ3v) is 10.1. The smallest absolute Gasteiger partial charge is 0.307 e. The number of aromatic nitrogens is 1. The monoisotopic (exact) mass is 436 g/mol. The van der Waals surface area contributed by atoms with Gasteiger partial charge in [-0.1, -0.05) is 25.2 Å². The van der Waals surface area contributed by atoms with Gasteiger partial charge in [0.2, 0.25) is 11.8 Å². The number of esters is 1. The molecule has 3 heterocycles. The number of hydrogen-bond acceptors (Lipinski definition) is 7. The van der Waals surface area contributed by atoms with Crippen LogP contribution in [-0.2, 0) is 24.5 Å². The summed E-state index contributed by atoms with van der Waals surface area (Å²) in [7, 11) is 0. The number of nitrogens with zero attached hydrogens (tertiary/aromatic N) is 1. The number of fused-ring (bicyclic) bond motifs is 9. The van der Waals surface area contributed by atoms with Gasteiger partial charge in [0, 0.05) is 22.1 Å². The molecular weight excluding hydrogens is 412 g/mol. The van der Waals surface area contributed by atoms with Gasteiger partial charge < -0.3 is 9.72 Å². The first-order valence-corrected chi connectivity index (χ1v) is 11.9. The lowest BCUT2D eigenvalue weighted by atomic mass is 9.64. The van der Waals surface area contributed by atoms with Crippen LogP contribution in [0, 0.1) is 29.6 Å². The largest absolute Gasteiger partial charge is 0.466 e. The molecule has 1 N–H and O–H groups in total. The summed E-state index contributed by atoms with van der Waals surface area (Å²) in [4.78, 5) is 55.3. The highest BCUT2D eigenvalue weighted by atomic mass is 32.2. The van der Waals surface area contributed by atoms with Crippen molar-refractivity contribution in [2.24, 2.45) is 29.6 Å². The van der Waals surface area contributed by atoms with E-state index < -0.39 is 0 Å². The van der Waals surface area contributed by atoms with Crippen molar-refractivity contribution in [2.45, 2.75) is 49.3 Å². The van der Waals surface area contributed by atoms with Crippen molar-refractivity contribution in [1.82, 2.24) is 9.88 Å². The fourth-order valence-corrected chi connectivity index (χ4v) is 9.53. The normalized spacial score (nSPS) is 36.2. The molecule has 2 aliphatic carbocycles. The number of carbonyl (C=O) groups is 3. The lowest BCUT2D eigenvalue weighted by Gasteiger charge is -2.47. The molecular formula is C20H24N2O5S2. The Labute approximate surface area is 176 Å². The highest BCUT2D eigenvalue weighted by Crippen LogP contribution is 2.68. The van der Waals surface area contributed by atoms with Crippen LogP contribution in [0.25, 0.3) is 0 Å². The molecule has 0 spiro atoms. The minimum absolute atomic E-state index is 0.0413. The van der Waals surface area contributed by atoms with Gasteiger partial charge in [0.1, 0.15) is 0 Å². The number of H-pyrrole nitrogens is 1. The zero-order valence-corrected chi connectivity index (χ0v) is 18.2. The second kappa shape index (κ2) is 6.44. The molecule has 6 atom stereocenters. The number of amides is 2. The fourth-order valence-electron chi connectivity index (χ4n) is 6.37. The number of ether oxygens (including phenoxy) is 1. The summed E-state index contributed by atoms with van der Waals surface area (Å²) in [5.74, 6) is -0.653. The average Bonchev–Trinajstić information content (AvgIpc) is 3.36. The predicted molar refractivity (Wildman–Crippen MR) is 108 cm³/mol. The number of carbonyl (C=O) groups excluding carboxylic acids is 3. The minimum Gasteiger partial charge on any atom is -0.466 e. The van der Waals surface area contributed by atoms with Crippen LogP contribution in [0.2, 0.25) is 0 Å². The third kappa shape index (κ3) is 2.55. The van der Waals surface area contributed by atoms with Gasteiger partial charge in [-0.3, -0.25) is 24.1 Å². The zero-order chi connectivity index (χ0) is 20.7. The lowest BCUT2D eigenvalue weighted by Crippen LogP contribution is -2.48. The number of nitrogens with one attached hydrogen (secondary N) is 1. The Kier molecular flexibility index (Phi) is 4.30. The summed E-state index contributed by atoms with van der Waals surface area (Å²) in [6.45, 7) is 6.47. The van der Waals surface area contributed by atoms with Gasteiger partial charge in [0.15, 0.2) is 0 Å². The van der Waals surface area contributed by atoms with Crippen molar-refractivity contribution in [2.75, 3.05) is 13.2 Å². The molecule has 1 saturated heterocycles. The highest BCUT2D eigenvalue weighted by molar-refractivity contribution is 8.00. The van der Waals surface area contributed by atoms with Crippen molar-refractivity contribution in [1.29, 1.82) is 0 Å².